The molecule has 0 saturated carbocycles. The lowest BCUT2D eigenvalue weighted by molar-refractivity contribution is 0.325. The van der Waals surface area contributed by atoms with Gasteiger partial charge in [0.25, 0.3) is 0 Å². The van der Waals surface area contributed by atoms with Crippen LogP contribution in [0.1, 0.15) is 12.6 Å². The molecule has 0 radical (unpaired) electrons. The average molecular weight is 250 g/mol. The van der Waals surface area contributed by atoms with Gasteiger partial charge in [0.05, 0.1) is 18.8 Å². The number of anilines is 1. The van der Waals surface area contributed by atoms with Crippen molar-refractivity contribution < 1.29 is 4.74 Å². The molecule has 0 aliphatic heterocycles. The summed E-state index contributed by atoms with van der Waals surface area (Å²) in [4.78, 5) is 4.37. The van der Waals surface area contributed by atoms with Crippen molar-refractivity contribution in [3.05, 3.63) is 36.2 Å². The van der Waals surface area contributed by atoms with Gasteiger partial charge in [-0.15, -0.1) is 0 Å². The van der Waals surface area contributed by atoms with E-state index in [2.05, 4.69) is 27.6 Å². The molecule has 0 aliphatic carbocycles. The number of rotatable bonds is 5. The number of aromatic nitrogens is 3. The molecule has 0 saturated heterocycles. The van der Waals surface area contributed by atoms with E-state index in [4.69, 9.17) is 4.74 Å². The SMILES string of the molecule is CCOc1cccc(Cn2ccc(NS)n2)n1. The van der Waals surface area contributed by atoms with Gasteiger partial charge in [-0.2, -0.15) is 5.10 Å². The monoisotopic (exact) mass is 250 g/mol. The third-order valence-corrected chi connectivity index (χ3v) is 2.38. The average Bonchev–Trinajstić information content (AvgIpc) is 2.78. The van der Waals surface area contributed by atoms with Crippen molar-refractivity contribution in [1.29, 1.82) is 0 Å². The third kappa shape index (κ3) is 3.13. The van der Waals surface area contributed by atoms with Crippen molar-refractivity contribution in [2.45, 2.75) is 13.5 Å². The van der Waals surface area contributed by atoms with E-state index < -0.39 is 0 Å². The van der Waals surface area contributed by atoms with Gasteiger partial charge in [0.1, 0.15) is 0 Å². The van der Waals surface area contributed by atoms with Crippen LogP contribution in [-0.4, -0.2) is 21.4 Å². The molecule has 2 aromatic rings. The van der Waals surface area contributed by atoms with Crippen molar-refractivity contribution in [2.75, 3.05) is 11.3 Å². The standard InChI is InChI=1S/C11H14N4OS/c1-2-16-11-5-3-4-9(12-11)8-15-7-6-10(13-15)14-17/h3-7,17H,2,8H2,1H3,(H,13,14). The van der Waals surface area contributed by atoms with Gasteiger partial charge in [-0.25, -0.2) is 4.98 Å². The summed E-state index contributed by atoms with van der Waals surface area (Å²) in [6.45, 7) is 3.16. The molecule has 0 unspecified atom stereocenters. The Morgan fingerprint density at radius 1 is 1.41 bits per heavy atom. The summed E-state index contributed by atoms with van der Waals surface area (Å²) in [6, 6.07) is 7.56. The van der Waals surface area contributed by atoms with Gasteiger partial charge in [-0.1, -0.05) is 18.9 Å². The maximum absolute atomic E-state index is 5.35. The summed E-state index contributed by atoms with van der Waals surface area (Å²) in [6.07, 6.45) is 1.87. The first-order chi connectivity index (χ1) is 8.31. The van der Waals surface area contributed by atoms with Crippen molar-refractivity contribution in [2.24, 2.45) is 0 Å². The van der Waals surface area contributed by atoms with Crippen molar-refractivity contribution >= 4 is 18.6 Å². The van der Waals surface area contributed by atoms with E-state index in [0.717, 1.165) is 5.69 Å². The Hall–Kier alpha value is -1.69. The topological polar surface area (TPSA) is 52.0 Å². The lowest BCUT2D eigenvalue weighted by Crippen LogP contribution is -2.04. The van der Waals surface area contributed by atoms with Crippen molar-refractivity contribution in [3.8, 4) is 5.88 Å². The number of hydrogen-bond donors (Lipinski definition) is 2. The first-order valence-corrected chi connectivity index (χ1v) is 5.79. The third-order valence-electron chi connectivity index (χ3n) is 2.15. The van der Waals surface area contributed by atoms with Crippen LogP contribution in [0.15, 0.2) is 30.5 Å². The van der Waals surface area contributed by atoms with E-state index in [1.165, 1.54) is 0 Å². The Morgan fingerprint density at radius 3 is 3.00 bits per heavy atom. The fourth-order valence-corrected chi connectivity index (χ4v) is 1.57. The molecule has 0 fully saturated rings. The summed E-state index contributed by atoms with van der Waals surface area (Å²) in [5, 5.41) is 4.25. The highest BCUT2D eigenvalue weighted by molar-refractivity contribution is 7.81. The second-order valence-electron chi connectivity index (χ2n) is 3.41. The normalized spacial score (nSPS) is 10.2. The molecular formula is C11H14N4OS. The maximum atomic E-state index is 5.35. The van der Waals surface area contributed by atoms with Gasteiger partial charge in [-0.05, 0) is 13.0 Å². The second kappa shape index (κ2) is 5.58. The number of pyridine rings is 1. The van der Waals surface area contributed by atoms with Crippen LogP contribution in [0.25, 0.3) is 0 Å². The van der Waals surface area contributed by atoms with E-state index in [0.29, 0.717) is 24.8 Å². The summed E-state index contributed by atoms with van der Waals surface area (Å²) >= 11 is 3.93. The predicted octanol–water partition coefficient (Wildman–Crippen LogP) is 1.98. The smallest absolute Gasteiger partial charge is 0.213 e. The lowest BCUT2D eigenvalue weighted by Gasteiger charge is -2.05. The summed E-state index contributed by atoms with van der Waals surface area (Å²) in [5.41, 5.74) is 0.907. The molecule has 17 heavy (non-hydrogen) atoms. The highest BCUT2D eigenvalue weighted by Crippen LogP contribution is 2.10. The molecule has 2 rings (SSSR count). The van der Waals surface area contributed by atoms with E-state index in [9.17, 15) is 0 Å². The largest absolute Gasteiger partial charge is 0.478 e. The lowest BCUT2D eigenvalue weighted by atomic mass is 10.3. The quantitative estimate of drug-likeness (QED) is 0.797. The fourth-order valence-electron chi connectivity index (χ4n) is 1.45. The number of nitrogens with zero attached hydrogens (tertiary/aromatic N) is 3. The first kappa shape index (κ1) is 11.8. The zero-order chi connectivity index (χ0) is 12.1. The molecule has 90 valence electrons. The molecule has 0 aliphatic rings. The van der Waals surface area contributed by atoms with Crippen LogP contribution in [0.3, 0.4) is 0 Å². The molecule has 2 heterocycles. The van der Waals surface area contributed by atoms with Crippen LogP contribution in [0, 0.1) is 0 Å². The summed E-state index contributed by atoms with van der Waals surface area (Å²) < 4.78 is 9.82. The second-order valence-corrected chi connectivity index (χ2v) is 3.63. The molecule has 0 aromatic carbocycles. The van der Waals surface area contributed by atoms with E-state index >= 15 is 0 Å². The summed E-state index contributed by atoms with van der Waals surface area (Å²) in [5.74, 6) is 1.36. The Balaban J connectivity index is 2.09. The number of ether oxygens (including phenoxy) is 1. The van der Waals surface area contributed by atoms with Crippen molar-refractivity contribution in [1.82, 2.24) is 14.8 Å². The van der Waals surface area contributed by atoms with Gasteiger partial charge in [0, 0.05) is 18.3 Å². The predicted molar refractivity (Wildman–Crippen MR) is 69.3 cm³/mol. The van der Waals surface area contributed by atoms with E-state index in [-0.39, 0.29) is 0 Å². The molecule has 0 spiro atoms. The first-order valence-electron chi connectivity index (χ1n) is 5.34. The van der Waals surface area contributed by atoms with Crippen LogP contribution in [0.2, 0.25) is 0 Å². The van der Waals surface area contributed by atoms with Gasteiger partial charge in [0.2, 0.25) is 5.88 Å². The molecular weight excluding hydrogens is 236 g/mol. The van der Waals surface area contributed by atoms with E-state index in [1.807, 2.05) is 37.4 Å². The minimum absolute atomic E-state index is 0.608. The minimum atomic E-state index is 0.608. The molecule has 6 heteroatoms. The highest BCUT2D eigenvalue weighted by atomic mass is 32.1. The van der Waals surface area contributed by atoms with Crippen LogP contribution < -0.4 is 9.46 Å². The Labute approximate surface area is 105 Å². The Morgan fingerprint density at radius 2 is 2.29 bits per heavy atom. The minimum Gasteiger partial charge on any atom is -0.478 e. The van der Waals surface area contributed by atoms with Crippen molar-refractivity contribution in [3.63, 3.8) is 0 Å². The molecule has 5 nitrogen and oxygen atoms in total. The van der Waals surface area contributed by atoms with E-state index in [1.54, 1.807) is 4.68 Å². The van der Waals surface area contributed by atoms with Crippen LogP contribution in [0.5, 0.6) is 5.88 Å². The number of hydrogen-bond acceptors (Lipinski definition) is 5. The van der Waals surface area contributed by atoms with Gasteiger partial charge in [0.15, 0.2) is 5.82 Å². The fraction of sp³-hybridized carbons (Fsp3) is 0.273. The number of thiol groups is 1. The van der Waals surface area contributed by atoms with Crippen LogP contribution in [0.4, 0.5) is 5.82 Å². The summed E-state index contributed by atoms with van der Waals surface area (Å²) in [7, 11) is 0. The highest BCUT2D eigenvalue weighted by Gasteiger charge is 2.01. The molecule has 0 atom stereocenters. The molecule has 0 bridgehead atoms. The maximum Gasteiger partial charge on any atom is 0.213 e. The molecule has 2 aromatic heterocycles. The van der Waals surface area contributed by atoms with Crippen LogP contribution in [-0.2, 0) is 6.54 Å². The zero-order valence-electron chi connectivity index (χ0n) is 9.50. The van der Waals surface area contributed by atoms with Gasteiger partial charge < -0.3 is 9.46 Å². The van der Waals surface area contributed by atoms with Crippen LogP contribution >= 0.6 is 12.8 Å². The molecule has 1 N–H and O–H groups in total. The number of nitrogens with one attached hydrogen (secondary N) is 1. The Kier molecular flexibility index (Phi) is 3.87. The van der Waals surface area contributed by atoms with Gasteiger partial charge >= 0.3 is 0 Å². The van der Waals surface area contributed by atoms with Gasteiger partial charge in [-0.3, -0.25) is 4.68 Å². The molecule has 0 amide bonds. The zero-order valence-corrected chi connectivity index (χ0v) is 10.4. The Bertz CT molecular complexity index is 486.